The van der Waals surface area contributed by atoms with E-state index < -0.39 is 5.97 Å². The summed E-state index contributed by atoms with van der Waals surface area (Å²) in [5.74, 6) is -1.02. The number of rotatable bonds is 6. The van der Waals surface area contributed by atoms with E-state index in [1.54, 1.807) is 19.1 Å². The van der Waals surface area contributed by atoms with Gasteiger partial charge in [-0.1, -0.05) is 12.1 Å². The summed E-state index contributed by atoms with van der Waals surface area (Å²) < 4.78 is 13.2. The predicted molar refractivity (Wildman–Crippen MR) is 67.0 cm³/mol. The lowest BCUT2D eigenvalue weighted by molar-refractivity contribution is -0.137. The quantitative estimate of drug-likeness (QED) is 0.815. The molecule has 0 amide bonds. The van der Waals surface area contributed by atoms with Crippen LogP contribution in [0.25, 0.3) is 0 Å². The number of aliphatic carboxylic acids is 1. The molecule has 0 bridgehead atoms. The van der Waals surface area contributed by atoms with Gasteiger partial charge in [0, 0.05) is 12.1 Å². The Hall–Kier alpha value is -1.42. The van der Waals surface area contributed by atoms with Crippen molar-refractivity contribution in [2.24, 2.45) is 0 Å². The summed E-state index contributed by atoms with van der Waals surface area (Å²) in [5.41, 5.74) is 1.58. The van der Waals surface area contributed by atoms with Crippen LogP contribution in [0, 0.1) is 12.7 Å². The van der Waals surface area contributed by atoms with Crippen molar-refractivity contribution < 1.29 is 14.3 Å². The molecule has 0 aliphatic heterocycles. The highest BCUT2D eigenvalue weighted by molar-refractivity contribution is 5.67. The maximum Gasteiger partial charge on any atom is 0.304 e. The van der Waals surface area contributed by atoms with Gasteiger partial charge in [-0.3, -0.25) is 4.79 Å². The molecular weight excluding hydrogens is 233 g/mol. The molecular formula is C14H18FNO2. The van der Waals surface area contributed by atoms with E-state index in [1.165, 1.54) is 6.07 Å². The van der Waals surface area contributed by atoms with Crippen molar-refractivity contribution in [2.45, 2.75) is 44.7 Å². The van der Waals surface area contributed by atoms with Gasteiger partial charge >= 0.3 is 5.97 Å². The fourth-order valence-electron chi connectivity index (χ4n) is 2.10. The second-order valence-corrected chi connectivity index (χ2v) is 5.02. The van der Waals surface area contributed by atoms with Crippen molar-refractivity contribution in [1.29, 1.82) is 0 Å². The van der Waals surface area contributed by atoms with E-state index in [9.17, 15) is 9.18 Å². The standard InChI is InChI=1S/C14H18FNO2/c1-9-6-10(2-5-13(9)15)7-12(8-14(17)18)16-11-3-4-11/h2,5-6,11-12,16H,3-4,7-8H2,1H3,(H,17,18). The van der Waals surface area contributed by atoms with Crippen molar-refractivity contribution in [3.05, 3.63) is 35.1 Å². The second-order valence-electron chi connectivity index (χ2n) is 5.02. The van der Waals surface area contributed by atoms with Gasteiger partial charge in [-0.15, -0.1) is 0 Å². The number of halogens is 1. The Kier molecular flexibility index (Phi) is 3.97. The topological polar surface area (TPSA) is 49.3 Å². The number of carboxylic acid groups (broad SMARTS) is 1. The highest BCUT2D eigenvalue weighted by Crippen LogP contribution is 2.21. The molecule has 0 saturated heterocycles. The van der Waals surface area contributed by atoms with Crippen LogP contribution in [0.1, 0.15) is 30.4 Å². The minimum Gasteiger partial charge on any atom is -0.481 e. The zero-order valence-electron chi connectivity index (χ0n) is 10.4. The smallest absolute Gasteiger partial charge is 0.304 e. The van der Waals surface area contributed by atoms with Crippen LogP contribution >= 0.6 is 0 Å². The van der Waals surface area contributed by atoms with Crippen molar-refractivity contribution in [2.75, 3.05) is 0 Å². The fourth-order valence-corrected chi connectivity index (χ4v) is 2.10. The van der Waals surface area contributed by atoms with Crippen LogP contribution in [0.3, 0.4) is 0 Å². The average molecular weight is 251 g/mol. The third-order valence-electron chi connectivity index (χ3n) is 3.17. The van der Waals surface area contributed by atoms with Gasteiger partial charge in [-0.05, 0) is 43.4 Å². The van der Waals surface area contributed by atoms with Crippen molar-refractivity contribution in [3.8, 4) is 0 Å². The largest absolute Gasteiger partial charge is 0.481 e. The lowest BCUT2D eigenvalue weighted by Gasteiger charge is -2.17. The third kappa shape index (κ3) is 3.81. The Labute approximate surface area is 106 Å². The molecule has 98 valence electrons. The number of hydrogen-bond acceptors (Lipinski definition) is 2. The van der Waals surface area contributed by atoms with Crippen LogP contribution < -0.4 is 5.32 Å². The van der Waals surface area contributed by atoms with Crippen molar-refractivity contribution in [1.82, 2.24) is 5.32 Å². The van der Waals surface area contributed by atoms with Crippen molar-refractivity contribution >= 4 is 5.97 Å². The molecule has 1 unspecified atom stereocenters. The molecule has 1 aromatic rings. The average Bonchev–Trinajstić information content (AvgIpc) is 3.06. The van der Waals surface area contributed by atoms with E-state index >= 15 is 0 Å². The fraction of sp³-hybridized carbons (Fsp3) is 0.500. The molecule has 4 heteroatoms. The maximum absolute atomic E-state index is 13.2. The number of hydrogen-bond donors (Lipinski definition) is 2. The highest BCUT2D eigenvalue weighted by atomic mass is 19.1. The summed E-state index contributed by atoms with van der Waals surface area (Å²) in [6, 6.07) is 5.36. The van der Waals surface area contributed by atoms with E-state index in [1.807, 2.05) is 0 Å². The number of carbonyl (C=O) groups is 1. The molecule has 0 spiro atoms. The molecule has 3 nitrogen and oxygen atoms in total. The molecule has 1 atom stereocenters. The molecule has 1 aliphatic carbocycles. The van der Waals surface area contributed by atoms with E-state index in [0.717, 1.165) is 18.4 Å². The molecule has 18 heavy (non-hydrogen) atoms. The Morgan fingerprint density at radius 3 is 2.83 bits per heavy atom. The summed E-state index contributed by atoms with van der Waals surface area (Å²) in [6.07, 6.45) is 2.98. The lowest BCUT2D eigenvalue weighted by atomic mass is 10.0. The number of nitrogens with one attached hydrogen (secondary N) is 1. The molecule has 1 aliphatic rings. The molecule has 2 N–H and O–H groups in total. The molecule has 0 radical (unpaired) electrons. The van der Waals surface area contributed by atoms with Crippen LogP contribution in [0.5, 0.6) is 0 Å². The SMILES string of the molecule is Cc1cc(CC(CC(=O)O)NC2CC2)ccc1F. The summed E-state index contributed by atoms with van der Waals surface area (Å²) >= 11 is 0. The minimum atomic E-state index is -0.799. The summed E-state index contributed by atoms with van der Waals surface area (Å²) in [4.78, 5) is 10.8. The number of carboxylic acids is 1. The van der Waals surface area contributed by atoms with Crippen LogP contribution in [0.2, 0.25) is 0 Å². The zero-order valence-corrected chi connectivity index (χ0v) is 10.4. The monoisotopic (exact) mass is 251 g/mol. The van der Waals surface area contributed by atoms with Gasteiger partial charge < -0.3 is 10.4 Å². The first-order chi connectivity index (χ1) is 8.54. The Balaban J connectivity index is 2.01. The van der Waals surface area contributed by atoms with E-state index in [-0.39, 0.29) is 18.3 Å². The Morgan fingerprint density at radius 1 is 1.56 bits per heavy atom. The summed E-state index contributed by atoms with van der Waals surface area (Å²) in [7, 11) is 0. The van der Waals surface area contributed by atoms with E-state index in [0.29, 0.717) is 18.0 Å². The molecule has 1 aromatic carbocycles. The minimum absolute atomic E-state index is 0.0696. The molecule has 0 aromatic heterocycles. The molecule has 0 heterocycles. The first kappa shape index (κ1) is 13.0. The van der Waals surface area contributed by atoms with Crippen LogP contribution in [0.15, 0.2) is 18.2 Å². The summed E-state index contributed by atoms with van der Waals surface area (Å²) in [6.45, 7) is 1.72. The molecule has 1 saturated carbocycles. The van der Waals surface area contributed by atoms with Gasteiger partial charge in [-0.2, -0.15) is 0 Å². The van der Waals surface area contributed by atoms with E-state index in [2.05, 4.69) is 5.32 Å². The summed E-state index contributed by atoms with van der Waals surface area (Å²) in [5, 5.41) is 12.2. The third-order valence-corrected chi connectivity index (χ3v) is 3.17. The Morgan fingerprint density at radius 2 is 2.28 bits per heavy atom. The zero-order chi connectivity index (χ0) is 13.1. The molecule has 1 fully saturated rings. The maximum atomic E-state index is 13.2. The first-order valence-electron chi connectivity index (χ1n) is 6.27. The van der Waals surface area contributed by atoms with Gasteiger partial charge in [0.15, 0.2) is 0 Å². The molecule has 2 rings (SSSR count). The van der Waals surface area contributed by atoms with Gasteiger partial charge in [0.05, 0.1) is 6.42 Å². The van der Waals surface area contributed by atoms with Crippen LogP contribution in [0.4, 0.5) is 4.39 Å². The predicted octanol–water partition coefficient (Wildman–Crippen LogP) is 2.27. The lowest BCUT2D eigenvalue weighted by Crippen LogP contribution is -2.35. The number of benzene rings is 1. The first-order valence-corrected chi connectivity index (χ1v) is 6.27. The second kappa shape index (κ2) is 5.48. The van der Waals surface area contributed by atoms with Gasteiger partial charge in [0.2, 0.25) is 0 Å². The number of aryl methyl sites for hydroxylation is 1. The van der Waals surface area contributed by atoms with Gasteiger partial charge in [0.25, 0.3) is 0 Å². The van der Waals surface area contributed by atoms with Gasteiger partial charge in [-0.25, -0.2) is 4.39 Å². The van der Waals surface area contributed by atoms with Crippen LogP contribution in [-0.2, 0) is 11.2 Å². The normalized spacial score (nSPS) is 16.6. The van der Waals surface area contributed by atoms with Gasteiger partial charge in [0.1, 0.15) is 5.82 Å². The highest BCUT2D eigenvalue weighted by Gasteiger charge is 2.25. The Bertz CT molecular complexity index is 443. The van der Waals surface area contributed by atoms with Crippen molar-refractivity contribution in [3.63, 3.8) is 0 Å². The van der Waals surface area contributed by atoms with Crippen LogP contribution in [-0.4, -0.2) is 23.2 Å². The van der Waals surface area contributed by atoms with E-state index in [4.69, 9.17) is 5.11 Å².